The number of aromatic nitrogens is 1. The van der Waals surface area contributed by atoms with Gasteiger partial charge in [-0.3, -0.25) is 0 Å². The van der Waals surface area contributed by atoms with Crippen molar-refractivity contribution in [2.24, 2.45) is 0 Å². The molecule has 1 unspecified atom stereocenters. The first kappa shape index (κ1) is 14.1. The molecule has 1 aliphatic carbocycles. The molecule has 0 radical (unpaired) electrons. The summed E-state index contributed by atoms with van der Waals surface area (Å²) in [6.45, 7) is 2.14. The van der Waals surface area contributed by atoms with Crippen LogP contribution in [0.3, 0.4) is 0 Å². The number of nitrogens with one attached hydrogen (secondary N) is 1. The summed E-state index contributed by atoms with van der Waals surface area (Å²) >= 11 is 3.79. The van der Waals surface area contributed by atoms with E-state index in [1.165, 1.54) is 45.3 Å². The number of hydrogen-bond donors (Lipinski definition) is 1. The molecule has 20 heavy (non-hydrogen) atoms. The number of rotatable bonds is 4. The van der Waals surface area contributed by atoms with E-state index in [1.807, 2.05) is 30.1 Å². The molecule has 0 spiro atoms. The maximum Gasteiger partial charge on any atom is 0.103 e. The number of aryl methyl sites for hydroxylation is 2. The van der Waals surface area contributed by atoms with Crippen molar-refractivity contribution in [2.75, 3.05) is 7.05 Å². The summed E-state index contributed by atoms with van der Waals surface area (Å²) < 4.78 is 0. The number of fused-ring (bicyclic) bond motifs is 1. The quantitative estimate of drug-likeness (QED) is 0.851. The third-order valence-electron chi connectivity index (χ3n) is 3.70. The number of hydrogen-bond acceptors (Lipinski definition) is 4. The monoisotopic (exact) mass is 304 g/mol. The highest BCUT2D eigenvalue weighted by Crippen LogP contribution is 2.35. The average Bonchev–Trinajstić information content (AvgIpc) is 2.88. The van der Waals surface area contributed by atoms with Gasteiger partial charge in [0.1, 0.15) is 5.01 Å². The van der Waals surface area contributed by atoms with E-state index < -0.39 is 0 Å². The minimum Gasteiger partial charge on any atom is -0.312 e. The first-order valence-electron chi connectivity index (χ1n) is 7.11. The van der Waals surface area contributed by atoms with Crippen LogP contribution < -0.4 is 5.32 Å². The summed E-state index contributed by atoms with van der Waals surface area (Å²) in [6, 6.07) is 9.16. The lowest BCUT2D eigenvalue weighted by Gasteiger charge is -2.19. The lowest BCUT2D eigenvalue weighted by molar-refractivity contribution is 0.489. The topological polar surface area (TPSA) is 24.9 Å². The standard InChI is InChI=1S/C16H20N2S2/c1-11-5-3-6-12(9-11)19-10-15-18-16-13(17-2)7-4-8-14(16)20-15/h3,5-6,9,13,17H,4,7-8,10H2,1-2H3. The highest BCUT2D eigenvalue weighted by atomic mass is 32.2. The second kappa shape index (κ2) is 6.29. The first-order valence-corrected chi connectivity index (χ1v) is 8.91. The van der Waals surface area contributed by atoms with E-state index in [9.17, 15) is 0 Å². The van der Waals surface area contributed by atoms with Crippen LogP contribution in [0.15, 0.2) is 29.2 Å². The summed E-state index contributed by atoms with van der Waals surface area (Å²) in [6.07, 6.45) is 3.71. The highest BCUT2D eigenvalue weighted by molar-refractivity contribution is 7.98. The molecule has 1 atom stereocenters. The van der Waals surface area contributed by atoms with E-state index in [1.54, 1.807) is 0 Å². The van der Waals surface area contributed by atoms with Crippen LogP contribution in [-0.2, 0) is 12.2 Å². The Morgan fingerprint density at radius 1 is 1.45 bits per heavy atom. The number of benzene rings is 1. The molecule has 1 aromatic heterocycles. The number of thioether (sulfide) groups is 1. The molecule has 2 aromatic rings. The van der Waals surface area contributed by atoms with Gasteiger partial charge in [0, 0.05) is 9.77 Å². The lowest BCUT2D eigenvalue weighted by Crippen LogP contribution is -2.21. The summed E-state index contributed by atoms with van der Waals surface area (Å²) in [5.41, 5.74) is 2.63. The minimum atomic E-state index is 0.465. The Morgan fingerprint density at radius 2 is 2.35 bits per heavy atom. The van der Waals surface area contributed by atoms with Gasteiger partial charge < -0.3 is 5.32 Å². The lowest BCUT2D eigenvalue weighted by atomic mass is 9.98. The molecule has 0 bridgehead atoms. The molecule has 1 heterocycles. The third kappa shape index (κ3) is 3.08. The molecule has 4 heteroatoms. The van der Waals surface area contributed by atoms with Crippen molar-refractivity contribution >= 4 is 23.1 Å². The first-order chi connectivity index (χ1) is 9.76. The Hall–Kier alpha value is -0.840. The predicted octanol–water partition coefficient (Wildman–Crippen LogP) is 4.34. The zero-order chi connectivity index (χ0) is 13.9. The van der Waals surface area contributed by atoms with E-state index in [4.69, 9.17) is 4.98 Å². The van der Waals surface area contributed by atoms with Gasteiger partial charge in [-0.05, 0) is 45.4 Å². The van der Waals surface area contributed by atoms with Gasteiger partial charge in [-0.2, -0.15) is 0 Å². The Labute approximate surface area is 129 Å². The Morgan fingerprint density at radius 3 is 3.15 bits per heavy atom. The van der Waals surface area contributed by atoms with Gasteiger partial charge in [0.15, 0.2) is 0 Å². The van der Waals surface area contributed by atoms with Crippen molar-refractivity contribution in [3.8, 4) is 0 Å². The molecule has 3 rings (SSSR count). The molecular weight excluding hydrogens is 284 g/mol. The van der Waals surface area contributed by atoms with Crippen LogP contribution >= 0.6 is 23.1 Å². The maximum absolute atomic E-state index is 4.88. The van der Waals surface area contributed by atoms with Crippen LogP contribution in [0, 0.1) is 6.92 Å². The molecular formula is C16H20N2S2. The van der Waals surface area contributed by atoms with Gasteiger partial charge >= 0.3 is 0 Å². The van der Waals surface area contributed by atoms with E-state index in [-0.39, 0.29) is 0 Å². The summed E-state index contributed by atoms with van der Waals surface area (Å²) in [7, 11) is 2.04. The van der Waals surface area contributed by atoms with Crippen LogP contribution in [0.5, 0.6) is 0 Å². The number of nitrogens with zero attached hydrogens (tertiary/aromatic N) is 1. The van der Waals surface area contributed by atoms with Crippen molar-refractivity contribution in [3.63, 3.8) is 0 Å². The molecule has 106 valence electrons. The van der Waals surface area contributed by atoms with Gasteiger partial charge in [-0.15, -0.1) is 23.1 Å². The van der Waals surface area contributed by atoms with Gasteiger partial charge in [-0.25, -0.2) is 4.98 Å². The Kier molecular flexibility index (Phi) is 4.44. The number of thiazole rings is 1. The molecule has 0 aliphatic heterocycles. The van der Waals surface area contributed by atoms with Crippen LogP contribution in [0.25, 0.3) is 0 Å². The minimum absolute atomic E-state index is 0.465. The normalized spacial score (nSPS) is 18.0. The molecule has 0 fully saturated rings. The molecule has 0 amide bonds. The molecule has 1 aliphatic rings. The van der Waals surface area contributed by atoms with E-state index in [2.05, 4.69) is 36.5 Å². The highest BCUT2D eigenvalue weighted by Gasteiger charge is 2.23. The summed E-state index contributed by atoms with van der Waals surface area (Å²) in [5.74, 6) is 0.984. The van der Waals surface area contributed by atoms with Crippen molar-refractivity contribution < 1.29 is 0 Å². The smallest absolute Gasteiger partial charge is 0.103 e. The van der Waals surface area contributed by atoms with Crippen molar-refractivity contribution in [2.45, 2.75) is 42.9 Å². The van der Waals surface area contributed by atoms with Crippen LogP contribution in [0.4, 0.5) is 0 Å². The molecule has 1 aromatic carbocycles. The fraction of sp³-hybridized carbons (Fsp3) is 0.438. The van der Waals surface area contributed by atoms with Crippen LogP contribution in [0.1, 0.15) is 40.0 Å². The summed E-state index contributed by atoms with van der Waals surface area (Å²) in [5, 5.41) is 4.66. The van der Waals surface area contributed by atoms with Gasteiger partial charge in [0.05, 0.1) is 17.5 Å². The Bertz CT molecular complexity index is 592. The zero-order valence-electron chi connectivity index (χ0n) is 12.0. The van der Waals surface area contributed by atoms with Crippen LogP contribution in [-0.4, -0.2) is 12.0 Å². The van der Waals surface area contributed by atoms with E-state index >= 15 is 0 Å². The van der Waals surface area contributed by atoms with E-state index in [0.29, 0.717) is 6.04 Å². The molecule has 0 saturated carbocycles. The van der Waals surface area contributed by atoms with E-state index in [0.717, 1.165) is 5.75 Å². The van der Waals surface area contributed by atoms with Crippen molar-refractivity contribution in [3.05, 3.63) is 45.4 Å². The molecule has 0 saturated heterocycles. The van der Waals surface area contributed by atoms with Crippen molar-refractivity contribution in [1.82, 2.24) is 10.3 Å². The summed E-state index contributed by atoms with van der Waals surface area (Å²) in [4.78, 5) is 7.71. The fourth-order valence-electron chi connectivity index (χ4n) is 2.66. The molecule has 2 nitrogen and oxygen atoms in total. The Balaban J connectivity index is 1.71. The van der Waals surface area contributed by atoms with Gasteiger partial charge in [0.2, 0.25) is 0 Å². The van der Waals surface area contributed by atoms with Gasteiger partial charge in [-0.1, -0.05) is 17.7 Å². The van der Waals surface area contributed by atoms with Crippen molar-refractivity contribution in [1.29, 1.82) is 0 Å². The second-order valence-electron chi connectivity index (χ2n) is 5.25. The average molecular weight is 304 g/mol. The second-order valence-corrected chi connectivity index (χ2v) is 7.47. The predicted molar refractivity (Wildman–Crippen MR) is 87.6 cm³/mol. The largest absolute Gasteiger partial charge is 0.312 e. The SMILES string of the molecule is CNC1CCCc2sc(CSc3cccc(C)c3)nc21. The fourth-order valence-corrected chi connectivity index (χ4v) is 4.84. The molecule has 1 N–H and O–H groups in total. The van der Waals surface area contributed by atoms with Crippen LogP contribution in [0.2, 0.25) is 0 Å². The maximum atomic E-state index is 4.88. The zero-order valence-corrected chi connectivity index (χ0v) is 13.6. The third-order valence-corrected chi connectivity index (χ3v) is 6.02. The van der Waals surface area contributed by atoms with Gasteiger partial charge in [0.25, 0.3) is 0 Å².